The molecule has 0 aromatic rings. The van der Waals surface area contributed by atoms with Crippen molar-refractivity contribution in [2.75, 3.05) is 39.5 Å². The van der Waals surface area contributed by atoms with Crippen LogP contribution in [0.4, 0.5) is 0 Å². The summed E-state index contributed by atoms with van der Waals surface area (Å²) in [7, 11) is 0. The fourth-order valence-corrected chi connectivity index (χ4v) is 4.32. The number of unbranched alkanes of at least 4 members (excludes halogenated alkanes) is 8. The minimum absolute atomic E-state index is 0.0699. The zero-order valence-corrected chi connectivity index (χ0v) is 19.4. The van der Waals surface area contributed by atoms with Crippen molar-refractivity contribution in [3.8, 4) is 0 Å². The zero-order valence-electron chi connectivity index (χ0n) is 19.4. The van der Waals surface area contributed by atoms with Crippen molar-refractivity contribution in [1.82, 2.24) is 9.80 Å². The van der Waals surface area contributed by atoms with Crippen LogP contribution >= 0.6 is 0 Å². The summed E-state index contributed by atoms with van der Waals surface area (Å²) in [4.78, 5) is 39.8. The molecular weight excluding hydrogens is 396 g/mol. The molecule has 7 heteroatoms. The summed E-state index contributed by atoms with van der Waals surface area (Å²) in [5.74, 6) is -0.280. The fraction of sp³-hybridized carbons (Fsp3) is 0.875. The van der Waals surface area contributed by atoms with E-state index in [4.69, 9.17) is 9.47 Å². The van der Waals surface area contributed by atoms with Crippen molar-refractivity contribution < 1.29 is 23.9 Å². The molecule has 0 aromatic carbocycles. The van der Waals surface area contributed by atoms with Gasteiger partial charge in [-0.15, -0.1) is 0 Å². The van der Waals surface area contributed by atoms with E-state index in [1.165, 1.54) is 43.4 Å². The first kappa shape index (κ1) is 25.8. The van der Waals surface area contributed by atoms with Crippen LogP contribution in [0, 0.1) is 0 Å². The molecule has 178 valence electrons. The van der Waals surface area contributed by atoms with Gasteiger partial charge in [-0.3, -0.25) is 24.2 Å². The number of hydrogen-bond donors (Lipinski definition) is 0. The third-order valence-corrected chi connectivity index (χ3v) is 6.26. The number of ether oxygens (including phenoxy) is 2. The first-order valence-corrected chi connectivity index (χ1v) is 12.4. The fourth-order valence-electron chi connectivity index (χ4n) is 4.32. The molecule has 0 N–H and O–H groups in total. The number of carbonyl (C=O) groups excluding carboxylic acids is 3. The highest BCUT2D eigenvalue weighted by Gasteiger charge is 2.30. The van der Waals surface area contributed by atoms with Crippen LogP contribution in [0.5, 0.6) is 0 Å². The van der Waals surface area contributed by atoms with Gasteiger partial charge >= 0.3 is 5.97 Å². The van der Waals surface area contributed by atoms with Crippen LogP contribution in [-0.4, -0.2) is 73.1 Å². The maximum atomic E-state index is 12.8. The van der Waals surface area contributed by atoms with Crippen molar-refractivity contribution in [3.63, 3.8) is 0 Å². The maximum absolute atomic E-state index is 12.8. The molecule has 0 spiro atoms. The summed E-state index contributed by atoms with van der Waals surface area (Å²) in [6.07, 6.45) is 12.6. The molecule has 0 bridgehead atoms. The molecule has 0 saturated carbocycles. The van der Waals surface area contributed by atoms with E-state index >= 15 is 0 Å². The topological polar surface area (TPSA) is 76.2 Å². The highest BCUT2D eigenvalue weighted by Crippen LogP contribution is 2.17. The number of carbonyl (C=O) groups is 3. The molecule has 2 rings (SSSR count). The third kappa shape index (κ3) is 9.69. The lowest BCUT2D eigenvalue weighted by molar-refractivity contribution is -0.152. The number of esters is 1. The second-order valence-corrected chi connectivity index (χ2v) is 8.74. The van der Waals surface area contributed by atoms with Gasteiger partial charge in [0.2, 0.25) is 11.8 Å². The molecule has 2 saturated heterocycles. The summed E-state index contributed by atoms with van der Waals surface area (Å²) in [6.45, 7) is 5.93. The molecule has 0 aromatic heterocycles. The second kappa shape index (κ2) is 15.4. The van der Waals surface area contributed by atoms with Gasteiger partial charge in [0.05, 0.1) is 19.8 Å². The minimum Gasteiger partial charge on any atom is -0.465 e. The molecular formula is C24H42N2O5. The molecule has 1 atom stereocenters. The van der Waals surface area contributed by atoms with E-state index in [0.717, 1.165) is 38.8 Å². The van der Waals surface area contributed by atoms with Gasteiger partial charge in [0.1, 0.15) is 6.04 Å². The molecule has 0 radical (unpaired) electrons. The average molecular weight is 439 g/mol. The normalized spacial score (nSPS) is 18.5. The first-order valence-electron chi connectivity index (χ1n) is 12.4. The summed E-state index contributed by atoms with van der Waals surface area (Å²) >= 11 is 0. The van der Waals surface area contributed by atoms with E-state index in [2.05, 4.69) is 11.8 Å². The van der Waals surface area contributed by atoms with E-state index in [9.17, 15) is 14.4 Å². The van der Waals surface area contributed by atoms with Crippen LogP contribution < -0.4 is 0 Å². The number of hydrogen-bond acceptors (Lipinski definition) is 6. The van der Waals surface area contributed by atoms with Gasteiger partial charge in [-0.05, 0) is 25.7 Å². The average Bonchev–Trinajstić information content (AvgIpc) is 3.10. The molecule has 2 heterocycles. The van der Waals surface area contributed by atoms with Crippen LogP contribution in [0.2, 0.25) is 0 Å². The van der Waals surface area contributed by atoms with Crippen LogP contribution in [0.15, 0.2) is 0 Å². The largest absolute Gasteiger partial charge is 0.465 e. The van der Waals surface area contributed by atoms with Crippen LogP contribution in [0.1, 0.15) is 90.4 Å². The van der Waals surface area contributed by atoms with Gasteiger partial charge in [0, 0.05) is 32.5 Å². The summed E-state index contributed by atoms with van der Waals surface area (Å²) in [5.41, 5.74) is 0. The van der Waals surface area contributed by atoms with Gasteiger partial charge in [0.25, 0.3) is 0 Å². The lowest BCUT2D eigenvalue weighted by Crippen LogP contribution is -2.48. The van der Waals surface area contributed by atoms with Crippen LogP contribution in [0.3, 0.4) is 0 Å². The maximum Gasteiger partial charge on any atom is 0.323 e. The SMILES string of the molecule is CCCCCCCCCCOC(=O)C(CCCCN1C(=O)CCC1=O)N1CCOCC1. The molecule has 2 aliphatic heterocycles. The summed E-state index contributed by atoms with van der Waals surface area (Å²) < 4.78 is 11.1. The Morgan fingerprint density at radius 2 is 1.52 bits per heavy atom. The summed E-state index contributed by atoms with van der Waals surface area (Å²) in [6, 6.07) is -0.261. The lowest BCUT2D eigenvalue weighted by Gasteiger charge is -2.33. The molecule has 1 unspecified atom stereocenters. The molecule has 31 heavy (non-hydrogen) atoms. The van der Waals surface area contributed by atoms with Crippen molar-refractivity contribution in [3.05, 3.63) is 0 Å². The van der Waals surface area contributed by atoms with E-state index in [1.54, 1.807) is 0 Å². The predicted molar refractivity (Wildman–Crippen MR) is 120 cm³/mol. The van der Waals surface area contributed by atoms with Crippen molar-refractivity contribution >= 4 is 17.8 Å². The van der Waals surface area contributed by atoms with E-state index in [0.29, 0.717) is 45.6 Å². The smallest absolute Gasteiger partial charge is 0.323 e. The Morgan fingerprint density at radius 3 is 2.16 bits per heavy atom. The number of amides is 2. The van der Waals surface area contributed by atoms with Gasteiger partial charge < -0.3 is 9.47 Å². The van der Waals surface area contributed by atoms with Gasteiger partial charge in [0.15, 0.2) is 0 Å². The van der Waals surface area contributed by atoms with Gasteiger partial charge in [-0.2, -0.15) is 0 Å². The lowest BCUT2D eigenvalue weighted by atomic mass is 10.1. The Balaban J connectivity index is 1.66. The first-order chi connectivity index (χ1) is 15.1. The van der Waals surface area contributed by atoms with Gasteiger partial charge in [-0.25, -0.2) is 0 Å². The number of nitrogens with zero attached hydrogens (tertiary/aromatic N) is 2. The summed E-state index contributed by atoms with van der Waals surface area (Å²) in [5, 5.41) is 0. The molecule has 7 nitrogen and oxygen atoms in total. The number of rotatable bonds is 16. The Labute approximate surface area is 187 Å². The van der Waals surface area contributed by atoms with Crippen molar-refractivity contribution in [2.24, 2.45) is 0 Å². The molecule has 2 aliphatic rings. The zero-order chi connectivity index (χ0) is 22.3. The van der Waals surface area contributed by atoms with Crippen molar-refractivity contribution in [2.45, 2.75) is 96.4 Å². The van der Waals surface area contributed by atoms with E-state index in [-0.39, 0.29) is 23.8 Å². The predicted octanol–water partition coefficient (Wildman–Crippen LogP) is 3.69. The quantitative estimate of drug-likeness (QED) is 0.208. The van der Waals surface area contributed by atoms with Crippen LogP contribution in [-0.2, 0) is 23.9 Å². The Bertz CT molecular complexity index is 532. The van der Waals surface area contributed by atoms with E-state index in [1.807, 2.05) is 0 Å². The Kier molecular flexibility index (Phi) is 12.8. The second-order valence-electron chi connectivity index (χ2n) is 8.74. The Hall–Kier alpha value is -1.47. The standard InChI is InChI=1S/C24H42N2O5/c1-2-3-4-5-6-7-8-11-18-31-24(29)21(25-16-19-30-20-17-25)12-9-10-15-26-22(27)13-14-23(26)28/h21H,2-20H2,1H3. The van der Waals surface area contributed by atoms with Crippen LogP contribution in [0.25, 0.3) is 0 Å². The molecule has 0 aliphatic carbocycles. The van der Waals surface area contributed by atoms with E-state index < -0.39 is 0 Å². The third-order valence-electron chi connectivity index (χ3n) is 6.26. The number of likely N-dealkylation sites (tertiary alicyclic amines) is 1. The molecule has 2 fully saturated rings. The minimum atomic E-state index is -0.261. The number of imide groups is 1. The Morgan fingerprint density at radius 1 is 0.903 bits per heavy atom. The highest BCUT2D eigenvalue weighted by molar-refractivity contribution is 6.01. The molecule has 2 amide bonds. The van der Waals surface area contributed by atoms with Crippen molar-refractivity contribution in [1.29, 1.82) is 0 Å². The number of morpholine rings is 1. The van der Waals surface area contributed by atoms with Gasteiger partial charge in [-0.1, -0.05) is 51.9 Å². The highest BCUT2D eigenvalue weighted by atomic mass is 16.5. The monoisotopic (exact) mass is 438 g/mol.